The Hall–Kier alpha value is 1.11. The molecule has 4 nitrogen and oxygen atoms in total. The van der Waals surface area contributed by atoms with Crippen LogP contribution in [0.4, 0.5) is 0 Å². The Labute approximate surface area is 160 Å². The molecule has 130 valence electrons. The molecular weight excluding hydrogens is 308 g/mol. The first-order chi connectivity index (χ1) is 9.98. The van der Waals surface area contributed by atoms with Crippen LogP contribution < -0.4 is 4.89 Å². The van der Waals surface area contributed by atoms with E-state index in [-0.39, 0.29) is 29.6 Å². The zero-order chi connectivity index (χ0) is 16.0. The van der Waals surface area contributed by atoms with Crippen molar-refractivity contribution in [3.63, 3.8) is 0 Å². The quantitative estimate of drug-likeness (QED) is 0.198. The Kier molecular flexibility index (Phi) is 19.5. The summed E-state index contributed by atoms with van der Waals surface area (Å²) < 4.78 is 15.9. The fraction of sp³-hybridized carbons (Fsp3) is 1.00. The summed E-state index contributed by atoms with van der Waals surface area (Å²) in [5.41, 5.74) is 0. The van der Waals surface area contributed by atoms with E-state index in [0.717, 1.165) is 17.6 Å². The van der Waals surface area contributed by atoms with E-state index in [1.165, 1.54) is 64.2 Å². The zero-order valence-electron chi connectivity index (χ0n) is 14.4. The van der Waals surface area contributed by atoms with Crippen LogP contribution in [-0.4, -0.2) is 67.8 Å². The summed E-state index contributed by atoms with van der Waals surface area (Å²) in [6.45, 7) is 4.43. The van der Waals surface area contributed by atoms with Crippen molar-refractivity contribution in [2.24, 2.45) is 0 Å². The molecule has 1 unspecified atom stereocenters. The second kappa shape index (κ2) is 17.0. The van der Waals surface area contributed by atoms with E-state index < -0.39 is 8.25 Å². The third-order valence-corrected chi connectivity index (χ3v) is 4.47. The van der Waals surface area contributed by atoms with Crippen molar-refractivity contribution in [1.29, 1.82) is 0 Å². The van der Waals surface area contributed by atoms with Gasteiger partial charge in [0.25, 0.3) is 0 Å². The fourth-order valence-electron chi connectivity index (χ4n) is 2.52. The van der Waals surface area contributed by atoms with Crippen LogP contribution in [0.3, 0.4) is 0 Å². The molecule has 0 aromatic rings. The second-order valence-electron chi connectivity index (χ2n) is 6.66. The summed E-state index contributed by atoms with van der Waals surface area (Å²) in [5, 5.41) is 0. The molecule has 22 heavy (non-hydrogen) atoms. The predicted molar refractivity (Wildman–Crippen MR) is 95.8 cm³/mol. The number of likely N-dealkylation sites (N-methyl/N-ethyl adjacent to an activating group) is 1. The Bertz CT molecular complexity index is 266. The van der Waals surface area contributed by atoms with Crippen LogP contribution in [0.25, 0.3) is 0 Å². The Morgan fingerprint density at radius 2 is 1.32 bits per heavy atom. The Morgan fingerprint density at radius 1 is 0.864 bits per heavy atom. The van der Waals surface area contributed by atoms with Gasteiger partial charge in [0, 0.05) is 0 Å². The van der Waals surface area contributed by atoms with Gasteiger partial charge in [-0.25, -0.2) is 0 Å². The van der Waals surface area contributed by atoms with Gasteiger partial charge in [-0.1, -0.05) is 58.3 Å². The molecule has 0 aromatic carbocycles. The number of rotatable bonds is 15. The van der Waals surface area contributed by atoms with Crippen LogP contribution in [0.1, 0.15) is 71.1 Å². The molecule has 0 amide bonds. The van der Waals surface area contributed by atoms with E-state index in [4.69, 9.17) is 0 Å². The molecule has 0 spiro atoms. The average molecular weight is 345 g/mol. The van der Waals surface area contributed by atoms with Crippen LogP contribution in [0, 0.1) is 0 Å². The number of hydrogen-bond acceptors (Lipinski definition) is 3. The summed E-state index contributed by atoms with van der Waals surface area (Å²) in [7, 11) is 1.27. The SMILES string of the molecule is CCCCCCCCCCCC[N+](C)(C)CCO[PH](=O)[O-].[NaH]. The van der Waals surface area contributed by atoms with Crippen molar-refractivity contribution in [3.05, 3.63) is 0 Å². The molecule has 6 heteroatoms. The van der Waals surface area contributed by atoms with E-state index in [9.17, 15) is 9.46 Å². The molecule has 0 aliphatic carbocycles. The van der Waals surface area contributed by atoms with Crippen molar-refractivity contribution in [1.82, 2.24) is 0 Å². The molecule has 0 heterocycles. The van der Waals surface area contributed by atoms with Crippen LogP contribution in [0.15, 0.2) is 0 Å². The minimum atomic E-state index is -3.01. The molecule has 0 aliphatic rings. The normalized spacial score (nSPS) is 12.9. The van der Waals surface area contributed by atoms with E-state index in [1.807, 2.05) is 0 Å². The molecular formula is C16H37NNaO3P. The first kappa shape index (κ1) is 25.4. The average Bonchev–Trinajstić information content (AvgIpc) is 2.40. The standard InChI is InChI=1S/C16H36NO3P.Na.H/c1-4-5-6-7-8-9-10-11-12-13-14-17(2,3)15-16-20-21(18)19;;/h21H,4-16H2,1-3H3;;. The first-order valence-corrected chi connectivity index (χ1v) is 9.86. The van der Waals surface area contributed by atoms with Gasteiger partial charge in [0.05, 0.1) is 20.6 Å². The molecule has 0 N–H and O–H groups in total. The molecule has 0 fully saturated rings. The van der Waals surface area contributed by atoms with Crippen LogP contribution in [0.2, 0.25) is 0 Å². The molecule has 0 aromatic heterocycles. The van der Waals surface area contributed by atoms with E-state index in [0.29, 0.717) is 6.61 Å². The van der Waals surface area contributed by atoms with Crippen molar-refractivity contribution >= 4 is 37.8 Å². The fourth-order valence-corrected chi connectivity index (χ4v) is 2.77. The van der Waals surface area contributed by atoms with Gasteiger partial charge >= 0.3 is 29.6 Å². The maximum absolute atomic E-state index is 10.4. The van der Waals surface area contributed by atoms with Crippen LogP contribution in [0.5, 0.6) is 0 Å². The van der Waals surface area contributed by atoms with Gasteiger partial charge in [-0.3, -0.25) is 0 Å². The first-order valence-electron chi connectivity index (χ1n) is 8.64. The number of nitrogens with zero attached hydrogens (tertiary/aromatic N) is 1. The summed E-state index contributed by atoms with van der Waals surface area (Å²) in [6, 6.07) is 0. The Balaban J connectivity index is 0. The summed E-state index contributed by atoms with van der Waals surface area (Å²) >= 11 is 0. The predicted octanol–water partition coefficient (Wildman–Crippen LogP) is 3.10. The van der Waals surface area contributed by atoms with Gasteiger partial charge in [-0.05, 0) is 12.8 Å². The number of quaternary nitrogens is 1. The van der Waals surface area contributed by atoms with Gasteiger partial charge in [0.1, 0.15) is 21.4 Å². The van der Waals surface area contributed by atoms with Crippen molar-refractivity contribution in [3.8, 4) is 0 Å². The second-order valence-corrected chi connectivity index (χ2v) is 7.45. The molecule has 0 saturated carbocycles. The van der Waals surface area contributed by atoms with E-state index >= 15 is 0 Å². The third-order valence-electron chi connectivity index (χ3n) is 4.03. The van der Waals surface area contributed by atoms with Gasteiger partial charge < -0.3 is 18.5 Å². The van der Waals surface area contributed by atoms with Gasteiger partial charge in [0.2, 0.25) is 0 Å². The Morgan fingerprint density at radius 3 is 1.77 bits per heavy atom. The zero-order valence-corrected chi connectivity index (χ0v) is 15.4. The topological polar surface area (TPSA) is 49.4 Å². The van der Waals surface area contributed by atoms with Crippen molar-refractivity contribution in [2.75, 3.05) is 33.8 Å². The van der Waals surface area contributed by atoms with Crippen molar-refractivity contribution in [2.45, 2.75) is 71.1 Å². The van der Waals surface area contributed by atoms with Gasteiger partial charge in [-0.15, -0.1) is 0 Å². The summed E-state index contributed by atoms with van der Waals surface area (Å²) in [6.07, 6.45) is 13.5. The molecule has 0 radical (unpaired) electrons. The summed E-state index contributed by atoms with van der Waals surface area (Å²) in [4.78, 5) is 10.4. The minimum absolute atomic E-state index is 0. The van der Waals surface area contributed by atoms with E-state index in [1.54, 1.807) is 0 Å². The number of unbranched alkanes of at least 4 members (excludes halogenated alkanes) is 9. The maximum atomic E-state index is 10.4. The molecule has 1 atom stereocenters. The number of hydrogen-bond donors (Lipinski definition) is 0. The molecule has 0 rings (SSSR count). The molecule has 0 saturated heterocycles. The van der Waals surface area contributed by atoms with Crippen LogP contribution in [-0.2, 0) is 9.09 Å². The third kappa shape index (κ3) is 19.2. The monoisotopic (exact) mass is 345 g/mol. The van der Waals surface area contributed by atoms with Crippen molar-refractivity contribution < 1.29 is 18.5 Å². The molecule has 0 aliphatic heterocycles. The molecule has 0 bridgehead atoms. The summed E-state index contributed by atoms with van der Waals surface area (Å²) in [5.74, 6) is 0. The van der Waals surface area contributed by atoms with E-state index in [2.05, 4.69) is 25.5 Å². The van der Waals surface area contributed by atoms with Gasteiger partial charge in [0.15, 0.2) is 0 Å². The van der Waals surface area contributed by atoms with Gasteiger partial charge in [-0.2, -0.15) is 0 Å². The van der Waals surface area contributed by atoms with Crippen LogP contribution >= 0.6 is 8.25 Å².